The topological polar surface area (TPSA) is 38.5 Å². The van der Waals surface area contributed by atoms with Crippen LogP contribution in [0, 0.1) is 6.92 Å². The van der Waals surface area contributed by atoms with Crippen LogP contribution < -0.4 is 10.5 Å². The molecule has 0 saturated heterocycles. The molecule has 1 unspecified atom stereocenters. The van der Waals surface area contributed by atoms with Crippen LogP contribution in [-0.2, 0) is 0 Å². The maximum atomic E-state index is 5.96. The quantitative estimate of drug-likeness (QED) is 0.808. The van der Waals surface area contributed by atoms with Crippen molar-refractivity contribution in [3.05, 3.63) is 29.3 Å². The van der Waals surface area contributed by atoms with Crippen molar-refractivity contribution in [1.29, 1.82) is 0 Å². The molecule has 0 heterocycles. The number of rotatable bonds is 7. The molecular weight excluding hydrogens is 224 g/mol. The first kappa shape index (κ1) is 15.0. The second-order valence-corrected chi connectivity index (χ2v) is 4.71. The van der Waals surface area contributed by atoms with Crippen LogP contribution in [0.25, 0.3) is 0 Å². The summed E-state index contributed by atoms with van der Waals surface area (Å²) in [5, 5.41) is 0. The molecule has 0 amide bonds. The van der Waals surface area contributed by atoms with Gasteiger partial charge in [0.1, 0.15) is 12.4 Å². The molecule has 1 atom stereocenters. The van der Waals surface area contributed by atoms with E-state index in [9.17, 15) is 0 Å². The van der Waals surface area contributed by atoms with Crippen LogP contribution in [0.15, 0.2) is 18.2 Å². The van der Waals surface area contributed by atoms with Gasteiger partial charge in [-0.25, -0.2) is 0 Å². The van der Waals surface area contributed by atoms with Crippen LogP contribution in [0.4, 0.5) is 0 Å². The van der Waals surface area contributed by atoms with Crippen molar-refractivity contribution in [3.63, 3.8) is 0 Å². The summed E-state index contributed by atoms with van der Waals surface area (Å²) in [5.41, 5.74) is 8.25. The van der Waals surface area contributed by atoms with E-state index in [1.54, 1.807) is 0 Å². The van der Waals surface area contributed by atoms with E-state index < -0.39 is 0 Å². The fourth-order valence-corrected chi connectivity index (χ4v) is 1.97. The lowest BCUT2D eigenvalue weighted by molar-refractivity contribution is 0.221. The summed E-state index contributed by atoms with van der Waals surface area (Å²) in [5.74, 6) is 0.928. The van der Waals surface area contributed by atoms with E-state index >= 15 is 0 Å². The van der Waals surface area contributed by atoms with E-state index in [0.29, 0.717) is 6.61 Å². The molecule has 0 fully saturated rings. The van der Waals surface area contributed by atoms with Gasteiger partial charge in [-0.2, -0.15) is 0 Å². The average Bonchev–Trinajstić information content (AvgIpc) is 2.34. The monoisotopic (exact) mass is 250 g/mol. The SMILES string of the molecule is CCN(CC)CCOc1cc(C)ccc1C(C)N. The highest BCUT2D eigenvalue weighted by atomic mass is 16.5. The smallest absolute Gasteiger partial charge is 0.124 e. The molecule has 1 aromatic rings. The minimum atomic E-state index is 0.00838. The summed E-state index contributed by atoms with van der Waals surface area (Å²) in [7, 11) is 0. The third-order valence-electron chi connectivity index (χ3n) is 3.22. The Labute approximate surface area is 111 Å². The van der Waals surface area contributed by atoms with Crippen molar-refractivity contribution >= 4 is 0 Å². The summed E-state index contributed by atoms with van der Waals surface area (Å²) < 4.78 is 5.89. The molecule has 2 N–H and O–H groups in total. The van der Waals surface area contributed by atoms with E-state index in [4.69, 9.17) is 10.5 Å². The zero-order valence-electron chi connectivity index (χ0n) is 12.1. The molecule has 3 nitrogen and oxygen atoms in total. The second kappa shape index (κ2) is 7.39. The number of nitrogens with zero attached hydrogens (tertiary/aromatic N) is 1. The predicted molar refractivity (Wildman–Crippen MR) is 77.1 cm³/mol. The number of benzene rings is 1. The number of likely N-dealkylation sites (N-methyl/N-ethyl adjacent to an activating group) is 1. The minimum absolute atomic E-state index is 0.00838. The Morgan fingerprint density at radius 3 is 2.50 bits per heavy atom. The lowest BCUT2D eigenvalue weighted by Crippen LogP contribution is -2.28. The molecule has 0 spiro atoms. The molecular formula is C15H26N2O. The maximum absolute atomic E-state index is 5.96. The molecule has 0 aliphatic carbocycles. The van der Waals surface area contributed by atoms with E-state index in [1.807, 2.05) is 6.92 Å². The van der Waals surface area contributed by atoms with Gasteiger partial charge in [0.2, 0.25) is 0 Å². The average molecular weight is 250 g/mol. The van der Waals surface area contributed by atoms with Gasteiger partial charge in [0.05, 0.1) is 0 Å². The molecule has 0 saturated carbocycles. The van der Waals surface area contributed by atoms with Gasteiger partial charge in [-0.3, -0.25) is 0 Å². The molecule has 0 aliphatic rings. The first-order chi connectivity index (χ1) is 8.58. The zero-order valence-corrected chi connectivity index (χ0v) is 12.1. The van der Waals surface area contributed by atoms with Gasteiger partial charge in [-0.15, -0.1) is 0 Å². The summed E-state index contributed by atoms with van der Waals surface area (Å²) in [6, 6.07) is 6.22. The van der Waals surface area contributed by atoms with Gasteiger partial charge >= 0.3 is 0 Å². The Morgan fingerprint density at radius 1 is 1.28 bits per heavy atom. The van der Waals surface area contributed by atoms with Crippen molar-refractivity contribution in [2.75, 3.05) is 26.2 Å². The first-order valence-electron chi connectivity index (χ1n) is 6.79. The lowest BCUT2D eigenvalue weighted by Gasteiger charge is -2.20. The van der Waals surface area contributed by atoms with Gasteiger partial charge in [0, 0.05) is 18.2 Å². The summed E-state index contributed by atoms with van der Waals surface area (Å²) in [6.07, 6.45) is 0. The fraction of sp³-hybridized carbons (Fsp3) is 0.600. The van der Waals surface area contributed by atoms with Gasteiger partial charge in [-0.1, -0.05) is 26.0 Å². The van der Waals surface area contributed by atoms with Crippen molar-refractivity contribution < 1.29 is 4.74 Å². The molecule has 18 heavy (non-hydrogen) atoms. The Hall–Kier alpha value is -1.06. The Balaban J connectivity index is 2.63. The van der Waals surface area contributed by atoms with E-state index in [2.05, 4.69) is 43.9 Å². The van der Waals surface area contributed by atoms with E-state index in [-0.39, 0.29) is 6.04 Å². The van der Waals surface area contributed by atoms with Crippen molar-refractivity contribution in [2.24, 2.45) is 5.73 Å². The van der Waals surface area contributed by atoms with Crippen molar-refractivity contribution in [2.45, 2.75) is 33.7 Å². The molecule has 0 radical (unpaired) electrons. The third-order valence-corrected chi connectivity index (χ3v) is 3.22. The first-order valence-corrected chi connectivity index (χ1v) is 6.79. The lowest BCUT2D eigenvalue weighted by atomic mass is 10.1. The number of hydrogen-bond acceptors (Lipinski definition) is 3. The summed E-state index contributed by atoms with van der Waals surface area (Å²) in [4.78, 5) is 2.35. The van der Waals surface area contributed by atoms with Gasteiger partial charge < -0.3 is 15.4 Å². The zero-order chi connectivity index (χ0) is 13.5. The third kappa shape index (κ3) is 4.31. The normalized spacial score (nSPS) is 12.8. The molecule has 0 bridgehead atoms. The summed E-state index contributed by atoms with van der Waals surface area (Å²) >= 11 is 0. The van der Waals surface area contributed by atoms with Crippen LogP contribution >= 0.6 is 0 Å². The van der Waals surface area contributed by atoms with Gasteiger partial charge in [0.15, 0.2) is 0 Å². The Bertz CT molecular complexity index is 360. The Kier molecular flexibility index (Phi) is 6.16. The molecule has 1 aromatic carbocycles. The van der Waals surface area contributed by atoms with Crippen LogP contribution in [0.1, 0.15) is 37.9 Å². The van der Waals surface area contributed by atoms with Crippen LogP contribution in [0.2, 0.25) is 0 Å². The van der Waals surface area contributed by atoms with E-state index in [1.165, 1.54) is 5.56 Å². The largest absolute Gasteiger partial charge is 0.492 e. The number of ether oxygens (including phenoxy) is 1. The van der Waals surface area contributed by atoms with Crippen LogP contribution in [-0.4, -0.2) is 31.1 Å². The second-order valence-electron chi connectivity index (χ2n) is 4.71. The highest BCUT2D eigenvalue weighted by molar-refractivity contribution is 5.38. The van der Waals surface area contributed by atoms with Crippen LogP contribution in [0.5, 0.6) is 5.75 Å². The predicted octanol–water partition coefficient (Wildman–Crippen LogP) is 2.74. The molecule has 0 aliphatic heterocycles. The Morgan fingerprint density at radius 2 is 1.94 bits per heavy atom. The fourth-order valence-electron chi connectivity index (χ4n) is 1.97. The van der Waals surface area contributed by atoms with E-state index in [0.717, 1.165) is 30.9 Å². The van der Waals surface area contributed by atoms with Gasteiger partial charge in [0.25, 0.3) is 0 Å². The molecule has 0 aromatic heterocycles. The summed E-state index contributed by atoms with van der Waals surface area (Å²) in [6.45, 7) is 12.2. The molecule has 1 rings (SSSR count). The van der Waals surface area contributed by atoms with Crippen molar-refractivity contribution in [3.8, 4) is 5.75 Å². The number of hydrogen-bond donors (Lipinski definition) is 1. The van der Waals surface area contributed by atoms with Crippen molar-refractivity contribution in [1.82, 2.24) is 4.90 Å². The van der Waals surface area contributed by atoms with Crippen LogP contribution in [0.3, 0.4) is 0 Å². The number of nitrogens with two attached hydrogens (primary N) is 1. The highest BCUT2D eigenvalue weighted by Crippen LogP contribution is 2.25. The van der Waals surface area contributed by atoms with Gasteiger partial charge in [-0.05, 0) is 38.6 Å². The molecule has 3 heteroatoms. The standard InChI is InChI=1S/C15H26N2O/c1-5-17(6-2)9-10-18-15-11-12(3)7-8-14(15)13(4)16/h7-8,11,13H,5-6,9-10,16H2,1-4H3. The highest BCUT2D eigenvalue weighted by Gasteiger charge is 2.08. The minimum Gasteiger partial charge on any atom is -0.492 e. The molecule has 102 valence electrons. The maximum Gasteiger partial charge on any atom is 0.124 e. The number of aryl methyl sites for hydroxylation is 1.